The summed E-state index contributed by atoms with van der Waals surface area (Å²) in [6.07, 6.45) is 0. The lowest BCUT2D eigenvalue weighted by atomic mass is 10.0. The lowest BCUT2D eigenvalue weighted by molar-refractivity contribution is 0.865. The van der Waals surface area contributed by atoms with E-state index in [-0.39, 0.29) is 5.38 Å². The molecule has 0 nitrogen and oxygen atoms in total. The molecule has 0 fully saturated rings. The lowest BCUT2D eigenvalue weighted by Crippen LogP contribution is -1.92. The molecule has 2 rings (SSSR count). The molecule has 1 atom stereocenters. The van der Waals surface area contributed by atoms with Crippen LogP contribution in [-0.4, -0.2) is 0 Å². The van der Waals surface area contributed by atoms with Crippen LogP contribution in [0.1, 0.15) is 46.7 Å². The van der Waals surface area contributed by atoms with Crippen molar-refractivity contribution in [3.05, 3.63) is 56.2 Å². The topological polar surface area (TPSA) is 0 Å². The molecule has 0 N–H and O–H groups in total. The number of rotatable bonds is 3. The fraction of sp³-hybridized carbons (Fsp3) is 0.333. The highest BCUT2D eigenvalue weighted by Gasteiger charge is 2.15. The van der Waals surface area contributed by atoms with Crippen LogP contribution in [0.3, 0.4) is 0 Å². The van der Waals surface area contributed by atoms with Gasteiger partial charge in [0, 0.05) is 4.88 Å². The molecule has 0 aliphatic carbocycles. The first-order valence-corrected chi connectivity index (χ1v) is 7.62. The minimum atomic E-state index is -0.109. The molecule has 0 aliphatic heterocycles. The van der Waals surface area contributed by atoms with E-state index >= 15 is 0 Å². The van der Waals surface area contributed by atoms with Crippen LogP contribution in [0.4, 0.5) is 0 Å². The summed E-state index contributed by atoms with van der Waals surface area (Å²) < 4.78 is 0.828. The summed E-state index contributed by atoms with van der Waals surface area (Å²) in [6.45, 7) is 6.39. The fourth-order valence-corrected chi connectivity index (χ4v) is 3.39. The van der Waals surface area contributed by atoms with Crippen LogP contribution in [0.25, 0.3) is 0 Å². The summed E-state index contributed by atoms with van der Waals surface area (Å²) in [5, 5.41) is -0.109. The third-order valence-corrected chi connectivity index (χ3v) is 5.26. The van der Waals surface area contributed by atoms with Crippen molar-refractivity contribution in [1.29, 1.82) is 0 Å². The normalized spacial score (nSPS) is 13.0. The molecule has 0 radical (unpaired) electrons. The SMILES string of the molecule is Cc1cc(C(Cl)c2ccc(C(C)C)cc2)sc1Cl. The van der Waals surface area contributed by atoms with Gasteiger partial charge in [0.05, 0.1) is 9.71 Å². The highest BCUT2D eigenvalue weighted by atomic mass is 35.5. The summed E-state index contributed by atoms with van der Waals surface area (Å²) in [6, 6.07) is 10.6. The molecular formula is C15H16Cl2S. The van der Waals surface area contributed by atoms with Crippen LogP contribution in [0.15, 0.2) is 30.3 Å². The Morgan fingerprint density at radius 3 is 2.06 bits per heavy atom. The van der Waals surface area contributed by atoms with Crippen molar-refractivity contribution >= 4 is 34.5 Å². The molecule has 1 aromatic carbocycles. The summed E-state index contributed by atoms with van der Waals surface area (Å²) in [5.41, 5.74) is 3.56. The Hall–Kier alpha value is -0.500. The molecule has 18 heavy (non-hydrogen) atoms. The maximum absolute atomic E-state index is 6.50. The standard InChI is InChI=1S/C15H16Cl2S/c1-9(2)11-4-6-12(7-5-11)14(16)13-8-10(3)15(17)18-13/h4-9,14H,1-3H3. The lowest BCUT2D eigenvalue weighted by Gasteiger charge is -2.10. The predicted molar refractivity (Wildman–Crippen MR) is 82.3 cm³/mol. The molecule has 0 aliphatic rings. The first-order valence-electron chi connectivity index (χ1n) is 5.98. The van der Waals surface area contributed by atoms with Gasteiger partial charge in [-0.15, -0.1) is 22.9 Å². The average molecular weight is 299 g/mol. The van der Waals surface area contributed by atoms with Gasteiger partial charge in [0.15, 0.2) is 0 Å². The van der Waals surface area contributed by atoms with Gasteiger partial charge in [-0.05, 0) is 35.6 Å². The van der Waals surface area contributed by atoms with Crippen molar-refractivity contribution in [3.8, 4) is 0 Å². The van der Waals surface area contributed by atoms with E-state index in [0.717, 1.165) is 20.3 Å². The second kappa shape index (κ2) is 5.64. The van der Waals surface area contributed by atoms with E-state index in [4.69, 9.17) is 23.2 Å². The number of hydrogen-bond donors (Lipinski definition) is 0. The summed E-state index contributed by atoms with van der Waals surface area (Å²) >= 11 is 14.1. The Labute approximate surface area is 123 Å². The Morgan fingerprint density at radius 2 is 1.61 bits per heavy atom. The highest BCUT2D eigenvalue weighted by molar-refractivity contribution is 7.16. The second-order valence-corrected chi connectivity index (χ2v) is 6.91. The van der Waals surface area contributed by atoms with E-state index in [1.807, 2.05) is 6.92 Å². The third-order valence-electron chi connectivity index (χ3n) is 3.02. The molecule has 0 bridgehead atoms. The molecule has 1 aromatic heterocycles. The Balaban J connectivity index is 2.25. The van der Waals surface area contributed by atoms with Crippen molar-refractivity contribution in [3.63, 3.8) is 0 Å². The van der Waals surface area contributed by atoms with Gasteiger partial charge in [-0.2, -0.15) is 0 Å². The van der Waals surface area contributed by atoms with Gasteiger partial charge in [-0.3, -0.25) is 0 Å². The van der Waals surface area contributed by atoms with Crippen LogP contribution < -0.4 is 0 Å². The van der Waals surface area contributed by atoms with Crippen LogP contribution in [-0.2, 0) is 0 Å². The van der Waals surface area contributed by atoms with E-state index in [9.17, 15) is 0 Å². The molecule has 0 amide bonds. The number of alkyl halides is 1. The average Bonchev–Trinajstić information content (AvgIpc) is 2.69. The second-order valence-electron chi connectivity index (χ2n) is 4.79. The van der Waals surface area contributed by atoms with Gasteiger partial charge >= 0.3 is 0 Å². The zero-order chi connectivity index (χ0) is 13.3. The number of halogens is 2. The smallest absolute Gasteiger partial charge is 0.0960 e. The highest BCUT2D eigenvalue weighted by Crippen LogP contribution is 2.37. The van der Waals surface area contributed by atoms with Gasteiger partial charge in [-0.25, -0.2) is 0 Å². The Kier molecular flexibility index (Phi) is 4.37. The maximum atomic E-state index is 6.50. The molecule has 1 unspecified atom stereocenters. The zero-order valence-corrected chi connectivity index (χ0v) is 13.0. The van der Waals surface area contributed by atoms with E-state index < -0.39 is 0 Å². The van der Waals surface area contributed by atoms with Gasteiger partial charge < -0.3 is 0 Å². The first-order chi connectivity index (χ1) is 8.49. The molecule has 0 saturated heterocycles. The molecule has 0 spiro atoms. The summed E-state index contributed by atoms with van der Waals surface area (Å²) in [5.74, 6) is 0.547. The van der Waals surface area contributed by atoms with Gasteiger partial charge in [-0.1, -0.05) is 49.7 Å². The van der Waals surface area contributed by atoms with Crippen LogP contribution in [0.2, 0.25) is 4.34 Å². The van der Waals surface area contributed by atoms with Crippen LogP contribution in [0.5, 0.6) is 0 Å². The van der Waals surface area contributed by atoms with Gasteiger partial charge in [0.25, 0.3) is 0 Å². The van der Waals surface area contributed by atoms with Gasteiger partial charge in [0.1, 0.15) is 0 Å². The fourth-order valence-electron chi connectivity index (χ4n) is 1.82. The van der Waals surface area contributed by atoms with Crippen molar-refractivity contribution in [2.75, 3.05) is 0 Å². The van der Waals surface area contributed by atoms with E-state index in [1.54, 1.807) is 11.3 Å². The van der Waals surface area contributed by atoms with Crippen molar-refractivity contribution in [1.82, 2.24) is 0 Å². The third kappa shape index (κ3) is 2.90. The minimum absolute atomic E-state index is 0.109. The Bertz CT molecular complexity index is 506. The summed E-state index contributed by atoms with van der Waals surface area (Å²) in [7, 11) is 0. The molecule has 1 heterocycles. The summed E-state index contributed by atoms with van der Waals surface area (Å²) in [4.78, 5) is 1.11. The molecule has 0 saturated carbocycles. The number of aryl methyl sites for hydroxylation is 1. The number of benzene rings is 1. The number of thiophene rings is 1. The molecule has 96 valence electrons. The largest absolute Gasteiger partial charge is 0.126 e. The molecule has 2 aromatic rings. The van der Waals surface area contributed by atoms with Crippen molar-refractivity contribution in [2.24, 2.45) is 0 Å². The minimum Gasteiger partial charge on any atom is -0.126 e. The number of hydrogen-bond acceptors (Lipinski definition) is 1. The van der Waals surface area contributed by atoms with Gasteiger partial charge in [0.2, 0.25) is 0 Å². The van der Waals surface area contributed by atoms with E-state index in [2.05, 4.69) is 44.2 Å². The predicted octanol–water partition coefficient (Wildman–Crippen LogP) is 6.16. The Morgan fingerprint density at radius 1 is 1.06 bits per heavy atom. The first kappa shape index (κ1) is 13.9. The molecule has 3 heteroatoms. The van der Waals surface area contributed by atoms with E-state index in [0.29, 0.717) is 5.92 Å². The van der Waals surface area contributed by atoms with Crippen molar-refractivity contribution < 1.29 is 0 Å². The van der Waals surface area contributed by atoms with Crippen molar-refractivity contribution in [2.45, 2.75) is 32.1 Å². The maximum Gasteiger partial charge on any atom is 0.0960 e. The van der Waals surface area contributed by atoms with E-state index in [1.165, 1.54) is 5.56 Å². The molecular weight excluding hydrogens is 283 g/mol. The quantitative estimate of drug-likeness (QED) is 0.595. The zero-order valence-electron chi connectivity index (χ0n) is 10.7. The van der Waals surface area contributed by atoms with Crippen LogP contribution in [0, 0.1) is 6.92 Å². The monoisotopic (exact) mass is 298 g/mol. The van der Waals surface area contributed by atoms with Crippen LogP contribution >= 0.6 is 34.5 Å².